The van der Waals surface area contributed by atoms with Gasteiger partial charge in [-0.25, -0.2) is 0 Å². The zero-order valence-corrected chi connectivity index (χ0v) is 14.9. The maximum Gasteiger partial charge on any atom is 0.140 e. The van der Waals surface area contributed by atoms with Crippen molar-refractivity contribution >= 4 is 15.9 Å². The van der Waals surface area contributed by atoms with Gasteiger partial charge in [0.05, 0.1) is 4.48 Å². The Labute approximate surface area is 143 Å². The molecule has 1 unspecified atom stereocenters. The molecule has 0 heterocycles. The van der Waals surface area contributed by atoms with Crippen LogP contribution >= 0.6 is 15.9 Å². The third-order valence-corrected chi connectivity index (χ3v) is 4.67. The fourth-order valence-electron chi connectivity index (χ4n) is 2.77. The molecule has 1 atom stereocenters. The lowest BCUT2D eigenvalue weighted by Crippen LogP contribution is -2.13. The maximum absolute atomic E-state index is 6.37. The van der Waals surface area contributed by atoms with E-state index >= 15 is 0 Å². The molecule has 118 valence electrons. The van der Waals surface area contributed by atoms with E-state index in [1.54, 1.807) is 0 Å². The van der Waals surface area contributed by atoms with Crippen molar-refractivity contribution in [1.29, 1.82) is 0 Å². The number of ether oxygens (including phenoxy) is 1. The van der Waals surface area contributed by atoms with E-state index in [2.05, 4.69) is 59.8 Å². The highest BCUT2D eigenvalue weighted by molar-refractivity contribution is 9.11. The standard InChI is InChI=1S/C20H25BrO/c1-3-17-12-9-10-13-18(15-17)22-20-16(2)11-7-5-4-6-8-14-19(20)21/h3-5,7-8,11,14,18H,2,6,9-10,12-13,15H2,1H3/b5-4-,11-7-,14-8-,17-3+,20-19?. The predicted molar refractivity (Wildman–Crippen MR) is 98.8 cm³/mol. The summed E-state index contributed by atoms with van der Waals surface area (Å²) < 4.78 is 7.34. The Morgan fingerprint density at radius 1 is 1.23 bits per heavy atom. The van der Waals surface area contributed by atoms with Gasteiger partial charge in [0.2, 0.25) is 0 Å². The quantitative estimate of drug-likeness (QED) is 0.402. The van der Waals surface area contributed by atoms with Crippen LogP contribution in [0.2, 0.25) is 0 Å². The minimum Gasteiger partial charge on any atom is -0.488 e. The molecule has 2 aliphatic carbocycles. The fraction of sp³-hybridized carbons (Fsp3) is 0.400. The summed E-state index contributed by atoms with van der Waals surface area (Å²) in [5.41, 5.74) is 2.42. The molecule has 2 rings (SSSR count). The highest BCUT2D eigenvalue weighted by Gasteiger charge is 2.19. The molecule has 0 N–H and O–H groups in total. The van der Waals surface area contributed by atoms with Gasteiger partial charge < -0.3 is 4.74 Å². The van der Waals surface area contributed by atoms with Gasteiger partial charge in [-0.3, -0.25) is 0 Å². The van der Waals surface area contributed by atoms with E-state index in [1.165, 1.54) is 24.8 Å². The lowest BCUT2D eigenvalue weighted by Gasteiger charge is -2.21. The summed E-state index contributed by atoms with van der Waals surface area (Å²) in [6, 6.07) is 0. The average Bonchev–Trinajstić information content (AvgIpc) is 2.75. The molecule has 2 aliphatic rings. The van der Waals surface area contributed by atoms with Crippen molar-refractivity contribution in [2.24, 2.45) is 0 Å². The molecule has 0 radical (unpaired) electrons. The highest BCUT2D eigenvalue weighted by atomic mass is 79.9. The summed E-state index contributed by atoms with van der Waals surface area (Å²) in [6.45, 7) is 6.30. The van der Waals surface area contributed by atoms with Crippen LogP contribution < -0.4 is 0 Å². The molecular formula is C20H25BrO. The molecule has 1 saturated carbocycles. The number of hydrogen-bond acceptors (Lipinski definition) is 1. The number of rotatable bonds is 2. The van der Waals surface area contributed by atoms with Gasteiger partial charge in [-0.1, -0.05) is 48.6 Å². The Bertz CT molecular complexity index is 546. The SMILES string of the molecule is C=C1/C=C\C=C/C/C=C\C(Br)=C1OC1CCCC/C(=C\C)C1. The lowest BCUT2D eigenvalue weighted by molar-refractivity contribution is 0.116. The van der Waals surface area contributed by atoms with Crippen molar-refractivity contribution in [2.75, 3.05) is 0 Å². The molecule has 0 aromatic carbocycles. The molecule has 1 nitrogen and oxygen atoms in total. The van der Waals surface area contributed by atoms with Gasteiger partial charge >= 0.3 is 0 Å². The topological polar surface area (TPSA) is 9.23 Å². The number of halogens is 1. The maximum atomic E-state index is 6.37. The van der Waals surface area contributed by atoms with E-state index in [9.17, 15) is 0 Å². The summed E-state index contributed by atoms with van der Waals surface area (Å²) in [5, 5.41) is 0. The normalized spacial score (nSPS) is 29.8. The molecule has 1 fully saturated rings. The summed E-state index contributed by atoms with van der Waals surface area (Å²) >= 11 is 3.65. The first kappa shape index (κ1) is 17.1. The van der Waals surface area contributed by atoms with Crippen molar-refractivity contribution in [3.05, 3.63) is 70.5 Å². The van der Waals surface area contributed by atoms with Gasteiger partial charge in [0.15, 0.2) is 0 Å². The van der Waals surface area contributed by atoms with Gasteiger partial charge in [0, 0.05) is 12.0 Å². The first-order valence-corrected chi connectivity index (χ1v) is 8.89. The molecule has 0 saturated heterocycles. The van der Waals surface area contributed by atoms with Crippen LogP contribution in [0.3, 0.4) is 0 Å². The Kier molecular flexibility index (Phi) is 6.98. The fourth-order valence-corrected chi connectivity index (χ4v) is 3.30. The van der Waals surface area contributed by atoms with Crippen molar-refractivity contribution in [2.45, 2.75) is 51.6 Å². The minimum absolute atomic E-state index is 0.244. The van der Waals surface area contributed by atoms with Crippen molar-refractivity contribution < 1.29 is 4.74 Å². The summed E-state index contributed by atoms with van der Waals surface area (Å²) in [4.78, 5) is 0. The predicted octanol–water partition coefficient (Wildman–Crippen LogP) is 6.52. The first-order chi connectivity index (χ1) is 10.7. The van der Waals surface area contributed by atoms with Crippen molar-refractivity contribution in [1.82, 2.24) is 0 Å². The van der Waals surface area contributed by atoms with E-state index < -0.39 is 0 Å². The molecule has 0 aliphatic heterocycles. The zero-order valence-electron chi connectivity index (χ0n) is 13.4. The van der Waals surface area contributed by atoms with Gasteiger partial charge in [-0.05, 0) is 61.0 Å². The summed E-state index contributed by atoms with van der Waals surface area (Å²) in [7, 11) is 0. The largest absolute Gasteiger partial charge is 0.488 e. The van der Waals surface area contributed by atoms with E-state index in [0.29, 0.717) is 0 Å². The second kappa shape index (κ2) is 8.99. The van der Waals surface area contributed by atoms with Crippen LogP contribution in [-0.2, 0) is 4.74 Å². The number of hydrogen-bond donors (Lipinski definition) is 0. The van der Waals surface area contributed by atoms with E-state index in [0.717, 1.165) is 35.1 Å². The van der Waals surface area contributed by atoms with Crippen LogP contribution in [0.4, 0.5) is 0 Å². The third-order valence-electron chi connectivity index (χ3n) is 4.05. The van der Waals surface area contributed by atoms with Crippen LogP contribution in [0.15, 0.2) is 70.5 Å². The highest BCUT2D eigenvalue weighted by Crippen LogP contribution is 2.30. The smallest absolute Gasteiger partial charge is 0.140 e. The van der Waals surface area contributed by atoms with Crippen LogP contribution in [0.5, 0.6) is 0 Å². The van der Waals surface area contributed by atoms with Gasteiger partial charge in [-0.2, -0.15) is 0 Å². The Hall–Kier alpha value is -1.28. The van der Waals surface area contributed by atoms with Crippen LogP contribution in [0, 0.1) is 0 Å². The van der Waals surface area contributed by atoms with E-state index in [1.807, 2.05) is 12.2 Å². The minimum atomic E-state index is 0.244. The van der Waals surface area contributed by atoms with Gasteiger partial charge in [-0.15, -0.1) is 0 Å². The molecule has 0 aromatic heterocycles. The van der Waals surface area contributed by atoms with Crippen LogP contribution in [0.25, 0.3) is 0 Å². The Morgan fingerprint density at radius 2 is 2.09 bits per heavy atom. The van der Waals surface area contributed by atoms with E-state index in [-0.39, 0.29) is 6.10 Å². The van der Waals surface area contributed by atoms with Crippen LogP contribution in [0.1, 0.15) is 45.4 Å². The molecule has 22 heavy (non-hydrogen) atoms. The van der Waals surface area contributed by atoms with Crippen molar-refractivity contribution in [3.8, 4) is 0 Å². The third kappa shape index (κ3) is 5.17. The van der Waals surface area contributed by atoms with E-state index in [4.69, 9.17) is 4.74 Å². The average molecular weight is 361 g/mol. The van der Waals surface area contributed by atoms with Crippen molar-refractivity contribution in [3.63, 3.8) is 0 Å². The zero-order chi connectivity index (χ0) is 15.8. The Balaban J connectivity index is 2.19. The molecule has 0 spiro atoms. The Morgan fingerprint density at radius 3 is 2.91 bits per heavy atom. The summed E-state index contributed by atoms with van der Waals surface area (Å²) in [6.07, 6.45) is 21.7. The summed E-state index contributed by atoms with van der Waals surface area (Å²) in [5.74, 6) is 0.866. The molecule has 0 aromatic rings. The lowest BCUT2D eigenvalue weighted by atomic mass is 10.1. The monoisotopic (exact) mass is 360 g/mol. The number of allylic oxidation sites excluding steroid dienone is 8. The van der Waals surface area contributed by atoms with Gasteiger partial charge in [0.1, 0.15) is 11.9 Å². The molecule has 0 bridgehead atoms. The second-order valence-corrected chi connectivity index (χ2v) is 6.62. The molecule has 2 heteroatoms. The molecule has 0 amide bonds. The first-order valence-electron chi connectivity index (χ1n) is 8.10. The molecular weight excluding hydrogens is 336 g/mol. The van der Waals surface area contributed by atoms with Crippen LogP contribution in [-0.4, -0.2) is 6.10 Å². The second-order valence-electron chi connectivity index (χ2n) is 5.76. The van der Waals surface area contributed by atoms with Gasteiger partial charge in [0.25, 0.3) is 0 Å².